The lowest BCUT2D eigenvalue weighted by molar-refractivity contribution is 0.696. The van der Waals surface area contributed by atoms with Crippen LogP contribution in [0.2, 0.25) is 0 Å². The maximum absolute atomic E-state index is 5.71. The third kappa shape index (κ3) is 2.32. The Morgan fingerprint density at radius 1 is 1.25 bits per heavy atom. The van der Waals surface area contributed by atoms with E-state index in [9.17, 15) is 0 Å². The molecule has 0 spiro atoms. The molecule has 102 valence electrons. The van der Waals surface area contributed by atoms with Gasteiger partial charge in [0.1, 0.15) is 24.3 Å². The van der Waals surface area contributed by atoms with E-state index in [2.05, 4.69) is 30.0 Å². The molecular weight excluding hydrogens is 258 g/mol. The predicted molar refractivity (Wildman–Crippen MR) is 69.9 cm³/mol. The lowest BCUT2D eigenvalue weighted by Crippen LogP contribution is -2.12. The largest absolute Gasteiger partial charge is 0.368 e. The van der Waals surface area contributed by atoms with E-state index in [1.807, 2.05) is 17.7 Å². The standard InChI is InChI=1S/C11H13N9/c1-2-19-4-3-14-9(19)5-8-16-10(12)18-11(17-8)20-7-13-6-15-20/h3-4,6-7H,2,5H2,1H3,(H2,12,16,17,18). The number of nitrogens with zero attached hydrogens (tertiary/aromatic N) is 8. The van der Waals surface area contributed by atoms with E-state index >= 15 is 0 Å². The summed E-state index contributed by atoms with van der Waals surface area (Å²) in [5.41, 5.74) is 5.71. The average Bonchev–Trinajstić information content (AvgIpc) is 3.08. The van der Waals surface area contributed by atoms with Crippen molar-refractivity contribution >= 4 is 5.95 Å². The Bertz CT molecular complexity index is 701. The van der Waals surface area contributed by atoms with Crippen molar-refractivity contribution in [1.29, 1.82) is 0 Å². The maximum Gasteiger partial charge on any atom is 0.257 e. The third-order valence-corrected chi connectivity index (χ3v) is 2.77. The Labute approximate surface area is 114 Å². The minimum absolute atomic E-state index is 0.148. The van der Waals surface area contributed by atoms with E-state index in [0.717, 1.165) is 12.4 Å². The second-order valence-corrected chi connectivity index (χ2v) is 4.06. The van der Waals surface area contributed by atoms with Crippen LogP contribution in [0.25, 0.3) is 5.95 Å². The molecule has 0 aromatic carbocycles. The first-order valence-electron chi connectivity index (χ1n) is 6.11. The molecule has 3 aromatic rings. The molecule has 0 radical (unpaired) electrons. The summed E-state index contributed by atoms with van der Waals surface area (Å²) in [5.74, 6) is 1.92. The molecule has 0 saturated carbocycles. The molecular formula is C11H13N9. The normalized spacial score (nSPS) is 10.8. The monoisotopic (exact) mass is 271 g/mol. The van der Waals surface area contributed by atoms with E-state index in [1.54, 1.807) is 6.20 Å². The van der Waals surface area contributed by atoms with Gasteiger partial charge in [-0.05, 0) is 6.92 Å². The fourth-order valence-corrected chi connectivity index (χ4v) is 1.85. The molecule has 0 aliphatic carbocycles. The molecule has 3 heterocycles. The zero-order chi connectivity index (χ0) is 13.9. The van der Waals surface area contributed by atoms with Crippen LogP contribution in [0.5, 0.6) is 0 Å². The van der Waals surface area contributed by atoms with Crippen molar-refractivity contribution < 1.29 is 0 Å². The summed E-state index contributed by atoms with van der Waals surface area (Å²) in [6, 6.07) is 0. The summed E-state index contributed by atoms with van der Waals surface area (Å²) in [4.78, 5) is 20.6. The van der Waals surface area contributed by atoms with Crippen LogP contribution in [0.1, 0.15) is 18.6 Å². The minimum Gasteiger partial charge on any atom is -0.368 e. The number of aromatic nitrogens is 8. The summed E-state index contributed by atoms with van der Waals surface area (Å²) in [6.07, 6.45) is 7.06. The van der Waals surface area contributed by atoms with E-state index in [4.69, 9.17) is 5.73 Å². The third-order valence-electron chi connectivity index (χ3n) is 2.77. The Kier molecular flexibility index (Phi) is 3.07. The highest BCUT2D eigenvalue weighted by atomic mass is 15.4. The lowest BCUT2D eigenvalue weighted by Gasteiger charge is -2.06. The molecule has 3 aromatic heterocycles. The zero-order valence-electron chi connectivity index (χ0n) is 10.9. The lowest BCUT2D eigenvalue weighted by atomic mass is 10.3. The number of anilines is 1. The van der Waals surface area contributed by atoms with Crippen molar-refractivity contribution in [2.45, 2.75) is 19.9 Å². The van der Waals surface area contributed by atoms with E-state index in [0.29, 0.717) is 18.2 Å². The zero-order valence-corrected chi connectivity index (χ0v) is 10.9. The molecule has 2 N–H and O–H groups in total. The molecule has 0 aliphatic rings. The predicted octanol–water partition coefficient (Wildman–Crippen LogP) is -0.158. The number of hydrogen-bond acceptors (Lipinski definition) is 7. The van der Waals surface area contributed by atoms with Crippen LogP contribution in [0.3, 0.4) is 0 Å². The number of rotatable bonds is 4. The summed E-state index contributed by atoms with van der Waals surface area (Å²) >= 11 is 0. The van der Waals surface area contributed by atoms with Crippen LogP contribution in [-0.2, 0) is 13.0 Å². The molecule has 0 atom stereocenters. The van der Waals surface area contributed by atoms with Gasteiger partial charge in [-0.1, -0.05) is 0 Å². The molecule has 3 rings (SSSR count). The highest BCUT2D eigenvalue weighted by Gasteiger charge is 2.10. The van der Waals surface area contributed by atoms with Gasteiger partial charge in [-0.2, -0.15) is 24.7 Å². The topological polar surface area (TPSA) is 113 Å². The van der Waals surface area contributed by atoms with Crippen LogP contribution in [0.15, 0.2) is 25.0 Å². The number of aryl methyl sites for hydroxylation is 1. The number of nitrogen functional groups attached to an aromatic ring is 1. The van der Waals surface area contributed by atoms with Gasteiger partial charge < -0.3 is 10.3 Å². The first kappa shape index (κ1) is 12.2. The van der Waals surface area contributed by atoms with Gasteiger partial charge in [0, 0.05) is 18.9 Å². The van der Waals surface area contributed by atoms with Gasteiger partial charge in [0.05, 0.1) is 6.42 Å². The molecule has 0 unspecified atom stereocenters. The Morgan fingerprint density at radius 2 is 2.15 bits per heavy atom. The maximum atomic E-state index is 5.71. The van der Waals surface area contributed by atoms with Crippen molar-refractivity contribution in [1.82, 2.24) is 39.3 Å². The van der Waals surface area contributed by atoms with Gasteiger partial charge >= 0.3 is 0 Å². The summed E-state index contributed by atoms with van der Waals surface area (Å²) < 4.78 is 3.46. The Morgan fingerprint density at radius 3 is 2.90 bits per heavy atom. The van der Waals surface area contributed by atoms with Crippen LogP contribution >= 0.6 is 0 Å². The van der Waals surface area contributed by atoms with Crippen LogP contribution in [-0.4, -0.2) is 39.3 Å². The fourth-order valence-electron chi connectivity index (χ4n) is 1.85. The quantitative estimate of drug-likeness (QED) is 0.701. The molecule has 20 heavy (non-hydrogen) atoms. The van der Waals surface area contributed by atoms with E-state index in [1.165, 1.54) is 17.3 Å². The minimum atomic E-state index is 0.148. The first-order chi connectivity index (χ1) is 9.76. The van der Waals surface area contributed by atoms with Crippen LogP contribution in [0, 0.1) is 0 Å². The van der Waals surface area contributed by atoms with Crippen molar-refractivity contribution in [2.24, 2.45) is 0 Å². The molecule has 0 aliphatic heterocycles. The van der Waals surface area contributed by atoms with Crippen molar-refractivity contribution in [2.75, 3.05) is 5.73 Å². The first-order valence-corrected chi connectivity index (χ1v) is 6.11. The van der Waals surface area contributed by atoms with E-state index < -0.39 is 0 Å². The highest BCUT2D eigenvalue weighted by Crippen LogP contribution is 2.07. The van der Waals surface area contributed by atoms with Crippen molar-refractivity contribution in [3.8, 4) is 5.95 Å². The smallest absolute Gasteiger partial charge is 0.257 e. The molecule has 0 fully saturated rings. The van der Waals surface area contributed by atoms with Gasteiger partial charge in [-0.15, -0.1) is 0 Å². The highest BCUT2D eigenvalue weighted by molar-refractivity contribution is 5.23. The van der Waals surface area contributed by atoms with Gasteiger partial charge in [0.2, 0.25) is 5.95 Å². The molecule has 9 heteroatoms. The van der Waals surface area contributed by atoms with Gasteiger partial charge in [0.15, 0.2) is 0 Å². The molecule has 0 amide bonds. The summed E-state index contributed by atoms with van der Waals surface area (Å²) in [5, 5.41) is 3.98. The van der Waals surface area contributed by atoms with Crippen LogP contribution < -0.4 is 5.73 Å². The summed E-state index contributed by atoms with van der Waals surface area (Å²) in [7, 11) is 0. The summed E-state index contributed by atoms with van der Waals surface area (Å²) in [6.45, 7) is 2.89. The molecule has 9 nitrogen and oxygen atoms in total. The van der Waals surface area contributed by atoms with E-state index in [-0.39, 0.29) is 5.95 Å². The fraction of sp³-hybridized carbons (Fsp3) is 0.273. The second-order valence-electron chi connectivity index (χ2n) is 4.06. The average molecular weight is 271 g/mol. The molecule has 0 bridgehead atoms. The van der Waals surface area contributed by atoms with Crippen molar-refractivity contribution in [3.63, 3.8) is 0 Å². The SMILES string of the molecule is CCn1ccnc1Cc1nc(N)nc(-n2cncn2)n1. The van der Waals surface area contributed by atoms with Gasteiger partial charge in [-0.3, -0.25) is 0 Å². The number of nitrogens with two attached hydrogens (primary N) is 1. The number of hydrogen-bond donors (Lipinski definition) is 1. The van der Waals surface area contributed by atoms with Crippen molar-refractivity contribution in [3.05, 3.63) is 36.7 Å². The van der Waals surface area contributed by atoms with Crippen LogP contribution in [0.4, 0.5) is 5.95 Å². The Hall–Kier alpha value is -2.84. The number of imidazole rings is 1. The van der Waals surface area contributed by atoms with Gasteiger partial charge in [0.25, 0.3) is 5.95 Å². The molecule has 0 saturated heterocycles. The van der Waals surface area contributed by atoms with Gasteiger partial charge in [-0.25, -0.2) is 9.97 Å². The Balaban J connectivity index is 1.94. The second kappa shape index (κ2) is 5.03.